The maximum absolute atomic E-state index is 13.1. The van der Waals surface area contributed by atoms with E-state index < -0.39 is 0 Å². The highest BCUT2D eigenvalue weighted by Gasteiger charge is 2.16. The molecule has 3 heterocycles. The largest absolute Gasteiger partial charge is 0.379 e. The second-order valence-electron chi connectivity index (χ2n) is 8.44. The number of carbonyl (C=O) groups excluding carboxylic acids is 1. The molecule has 2 N–H and O–H groups in total. The summed E-state index contributed by atoms with van der Waals surface area (Å²) in [5, 5.41) is 7.14. The second kappa shape index (κ2) is 9.64. The molecule has 1 aliphatic heterocycles. The number of ketones is 1. The zero-order valence-electron chi connectivity index (χ0n) is 18.3. The summed E-state index contributed by atoms with van der Waals surface area (Å²) in [5.41, 5.74) is 5.54. The first kappa shape index (κ1) is 21.5. The molecule has 0 amide bonds. The first-order valence-corrected chi connectivity index (χ1v) is 11.2. The number of morpholine rings is 1. The number of halogens is 1. The van der Waals surface area contributed by atoms with Gasteiger partial charge in [-0.1, -0.05) is 18.2 Å². The molecule has 1 fully saturated rings. The van der Waals surface area contributed by atoms with E-state index in [1.807, 2.05) is 6.07 Å². The van der Waals surface area contributed by atoms with Gasteiger partial charge in [-0.25, -0.2) is 9.37 Å². The van der Waals surface area contributed by atoms with Crippen molar-refractivity contribution in [1.29, 1.82) is 0 Å². The van der Waals surface area contributed by atoms with Crippen LogP contribution in [0.1, 0.15) is 23.1 Å². The van der Waals surface area contributed by atoms with Crippen LogP contribution in [0.5, 0.6) is 0 Å². The zero-order chi connectivity index (χ0) is 22.6. The van der Waals surface area contributed by atoms with Gasteiger partial charge in [-0.05, 0) is 41.8 Å². The van der Waals surface area contributed by atoms with Crippen LogP contribution in [0.2, 0.25) is 0 Å². The number of fused-ring (bicyclic) bond motifs is 1. The highest BCUT2D eigenvalue weighted by molar-refractivity contribution is 5.84. The first-order valence-electron chi connectivity index (χ1n) is 11.2. The van der Waals surface area contributed by atoms with Crippen molar-refractivity contribution in [2.75, 3.05) is 26.3 Å². The molecule has 0 bridgehead atoms. The van der Waals surface area contributed by atoms with Crippen molar-refractivity contribution in [3.8, 4) is 11.5 Å². The van der Waals surface area contributed by atoms with Crippen LogP contribution < -0.4 is 0 Å². The van der Waals surface area contributed by atoms with Crippen LogP contribution >= 0.6 is 0 Å². The SMILES string of the molecule is O=C(CCc1ccc(F)cc1)Cc1cn[nH]c1-c1nc2ccc(CN3CCOCC3)cc2[nH]1. The van der Waals surface area contributed by atoms with E-state index in [0.717, 1.165) is 60.7 Å². The lowest BCUT2D eigenvalue weighted by Gasteiger charge is -2.26. The van der Waals surface area contributed by atoms with Gasteiger partial charge >= 0.3 is 0 Å². The van der Waals surface area contributed by atoms with E-state index in [9.17, 15) is 9.18 Å². The number of nitrogens with one attached hydrogen (secondary N) is 2. The Morgan fingerprint density at radius 1 is 1.09 bits per heavy atom. The number of rotatable bonds is 8. The maximum Gasteiger partial charge on any atom is 0.156 e. The monoisotopic (exact) mass is 447 g/mol. The minimum absolute atomic E-state index is 0.103. The molecule has 4 aromatic rings. The molecule has 7 nitrogen and oxygen atoms in total. The lowest BCUT2D eigenvalue weighted by atomic mass is 10.0. The van der Waals surface area contributed by atoms with E-state index in [2.05, 4.69) is 32.2 Å². The van der Waals surface area contributed by atoms with Gasteiger partial charge in [-0.2, -0.15) is 5.10 Å². The minimum atomic E-state index is -0.271. The van der Waals surface area contributed by atoms with Crippen LogP contribution in [0.4, 0.5) is 4.39 Å². The maximum atomic E-state index is 13.1. The molecular formula is C25H26FN5O2. The van der Waals surface area contributed by atoms with Crippen LogP contribution in [-0.4, -0.2) is 57.2 Å². The fourth-order valence-corrected chi connectivity index (χ4v) is 4.18. The standard InChI is InChI=1S/C25H26FN5O2/c26-20-5-1-17(2-6-20)3-7-21(32)14-19-15-27-30-24(19)25-28-22-8-4-18(13-23(22)29-25)16-31-9-11-33-12-10-31/h1-2,4-6,8,13,15H,3,7,9-12,14,16H2,(H,27,30)(H,28,29). The number of carbonyl (C=O) groups is 1. The third-order valence-electron chi connectivity index (χ3n) is 6.00. The van der Waals surface area contributed by atoms with E-state index in [1.165, 1.54) is 17.7 Å². The molecule has 33 heavy (non-hydrogen) atoms. The van der Waals surface area contributed by atoms with Gasteiger partial charge in [-0.15, -0.1) is 0 Å². The topological polar surface area (TPSA) is 86.9 Å². The van der Waals surface area contributed by atoms with Crippen molar-refractivity contribution < 1.29 is 13.9 Å². The van der Waals surface area contributed by atoms with E-state index in [0.29, 0.717) is 18.7 Å². The molecule has 0 unspecified atom stereocenters. The third-order valence-corrected chi connectivity index (χ3v) is 6.00. The Morgan fingerprint density at radius 3 is 2.70 bits per heavy atom. The lowest BCUT2D eigenvalue weighted by Crippen LogP contribution is -2.35. The normalized spacial score (nSPS) is 14.7. The highest BCUT2D eigenvalue weighted by Crippen LogP contribution is 2.24. The molecule has 0 aliphatic carbocycles. The number of Topliss-reactive ketones (excluding diaryl/α,β-unsaturated/α-hetero) is 1. The molecule has 0 spiro atoms. The Bertz CT molecular complexity index is 1240. The fraction of sp³-hybridized carbons (Fsp3) is 0.320. The molecule has 170 valence electrons. The molecule has 0 radical (unpaired) electrons. The van der Waals surface area contributed by atoms with Crippen LogP contribution in [0, 0.1) is 5.82 Å². The third kappa shape index (κ3) is 5.18. The van der Waals surface area contributed by atoms with Crippen LogP contribution in [0.15, 0.2) is 48.7 Å². The second-order valence-corrected chi connectivity index (χ2v) is 8.44. The number of aryl methyl sites for hydroxylation is 1. The fourth-order valence-electron chi connectivity index (χ4n) is 4.18. The van der Waals surface area contributed by atoms with E-state index in [-0.39, 0.29) is 18.0 Å². The number of nitrogens with zero attached hydrogens (tertiary/aromatic N) is 3. The van der Waals surface area contributed by atoms with Gasteiger partial charge in [0.1, 0.15) is 17.3 Å². The molecule has 5 rings (SSSR count). The summed E-state index contributed by atoms with van der Waals surface area (Å²) in [6.45, 7) is 4.33. The Hall–Kier alpha value is -3.36. The number of aromatic amines is 2. The first-order chi connectivity index (χ1) is 16.1. The summed E-state index contributed by atoms with van der Waals surface area (Å²) >= 11 is 0. The van der Waals surface area contributed by atoms with Gasteiger partial charge in [0.25, 0.3) is 0 Å². The lowest BCUT2D eigenvalue weighted by molar-refractivity contribution is -0.118. The number of H-pyrrole nitrogens is 2. The summed E-state index contributed by atoms with van der Waals surface area (Å²) in [4.78, 5) is 23.0. The molecule has 8 heteroatoms. The van der Waals surface area contributed by atoms with Gasteiger partial charge in [-0.3, -0.25) is 14.8 Å². The van der Waals surface area contributed by atoms with Crippen molar-refractivity contribution in [2.24, 2.45) is 0 Å². The van der Waals surface area contributed by atoms with Crippen LogP contribution in [0.3, 0.4) is 0 Å². The molecule has 1 saturated heterocycles. The number of imidazole rings is 1. The molecule has 2 aromatic heterocycles. The van der Waals surface area contributed by atoms with Gasteiger partial charge in [0, 0.05) is 38.0 Å². The number of hydrogen-bond donors (Lipinski definition) is 2. The van der Waals surface area contributed by atoms with Crippen molar-refractivity contribution >= 4 is 16.8 Å². The van der Waals surface area contributed by atoms with E-state index >= 15 is 0 Å². The van der Waals surface area contributed by atoms with Crippen LogP contribution in [0.25, 0.3) is 22.6 Å². The van der Waals surface area contributed by atoms with Crippen molar-refractivity contribution in [1.82, 2.24) is 25.1 Å². The Morgan fingerprint density at radius 2 is 1.88 bits per heavy atom. The molecule has 0 saturated carbocycles. The summed E-state index contributed by atoms with van der Waals surface area (Å²) in [7, 11) is 0. The zero-order valence-corrected chi connectivity index (χ0v) is 18.3. The van der Waals surface area contributed by atoms with Crippen LogP contribution in [-0.2, 0) is 28.9 Å². The molecule has 2 aromatic carbocycles. The Kier molecular flexibility index (Phi) is 6.28. The predicted octanol–water partition coefficient (Wildman–Crippen LogP) is 3.67. The Balaban J connectivity index is 1.26. The number of ether oxygens (including phenoxy) is 1. The Labute approximate surface area is 191 Å². The van der Waals surface area contributed by atoms with Gasteiger partial charge < -0.3 is 9.72 Å². The van der Waals surface area contributed by atoms with Gasteiger partial charge in [0.05, 0.1) is 30.4 Å². The smallest absolute Gasteiger partial charge is 0.156 e. The van der Waals surface area contributed by atoms with Crippen molar-refractivity contribution in [3.05, 3.63) is 71.2 Å². The van der Waals surface area contributed by atoms with E-state index in [1.54, 1.807) is 18.3 Å². The van der Waals surface area contributed by atoms with Crippen molar-refractivity contribution in [3.63, 3.8) is 0 Å². The average molecular weight is 448 g/mol. The quantitative estimate of drug-likeness (QED) is 0.430. The van der Waals surface area contributed by atoms with Crippen molar-refractivity contribution in [2.45, 2.75) is 25.8 Å². The summed E-state index contributed by atoms with van der Waals surface area (Å²) in [5.74, 6) is 0.505. The van der Waals surface area contributed by atoms with Gasteiger partial charge in [0.2, 0.25) is 0 Å². The predicted molar refractivity (Wildman–Crippen MR) is 123 cm³/mol. The highest BCUT2D eigenvalue weighted by atomic mass is 19.1. The van der Waals surface area contributed by atoms with Gasteiger partial charge in [0.15, 0.2) is 5.82 Å². The summed E-state index contributed by atoms with van der Waals surface area (Å²) < 4.78 is 18.5. The molecule has 1 aliphatic rings. The van der Waals surface area contributed by atoms with E-state index in [4.69, 9.17) is 9.72 Å². The number of aromatic nitrogens is 4. The minimum Gasteiger partial charge on any atom is -0.379 e. The summed E-state index contributed by atoms with van der Waals surface area (Å²) in [6, 6.07) is 12.5. The summed E-state index contributed by atoms with van der Waals surface area (Å²) in [6.07, 6.45) is 2.93. The molecule has 0 atom stereocenters. The number of benzene rings is 2. The number of hydrogen-bond acceptors (Lipinski definition) is 5. The average Bonchev–Trinajstić information content (AvgIpc) is 3.45. The molecular weight excluding hydrogens is 421 g/mol.